The molecule has 14 heavy (non-hydrogen) atoms. The van der Waals surface area contributed by atoms with Crippen LogP contribution in [-0.4, -0.2) is 22.6 Å². The van der Waals surface area contributed by atoms with Crippen molar-refractivity contribution < 1.29 is 0 Å². The summed E-state index contributed by atoms with van der Waals surface area (Å²) in [7, 11) is 2.04. The van der Waals surface area contributed by atoms with E-state index in [1.165, 1.54) is 12.8 Å². The van der Waals surface area contributed by atoms with E-state index >= 15 is 0 Å². The zero-order chi connectivity index (χ0) is 9.80. The van der Waals surface area contributed by atoms with Gasteiger partial charge < -0.3 is 9.88 Å². The van der Waals surface area contributed by atoms with Gasteiger partial charge in [-0.15, -0.1) is 0 Å². The highest BCUT2D eigenvalue weighted by molar-refractivity contribution is 5.09. The predicted molar refractivity (Wildman–Crippen MR) is 57.1 cm³/mol. The first kappa shape index (κ1) is 9.46. The van der Waals surface area contributed by atoms with E-state index in [1.54, 1.807) is 5.57 Å². The van der Waals surface area contributed by atoms with Crippen LogP contribution in [0.3, 0.4) is 0 Å². The molecular weight excluding hydrogens is 174 g/mol. The van der Waals surface area contributed by atoms with E-state index in [4.69, 9.17) is 0 Å². The lowest BCUT2D eigenvalue weighted by molar-refractivity contribution is 0.607. The largest absolute Gasteiger partial charge is 0.338 e. The van der Waals surface area contributed by atoms with E-state index in [-0.39, 0.29) is 0 Å². The summed E-state index contributed by atoms with van der Waals surface area (Å²) in [6, 6.07) is 0. The van der Waals surface area contributed by atoms with Crippen molar-refractivity contribution in [3.05, 3.63) is 29.9 Å². The van der Waals surface area contributed by atoms with Gasteiger partial charge in [-0.1, -0.05) is 11.6 Å². The maximum absolute atomic E-state index is 4.30. The Morgan fingerprint density at radius 2 is 2.29 bits per heavy atom. The maximum atomic E-state index is 4.30. The molecule has 0 bridgehead atoms. The molecule has 1 aromatic heterocycles. The van der Waals surface area contributed by atoms with Crippen LogP contribution in [0.1, 0.15) is 18.7 Å². The van der Waals surface area contributed by atoms with Crippen molar-refractivity contribution >= 4 is 0 Å². The minimum atomic E-state index is 0.971. The van der Waals surface area contributed by atoms with Gasteiger partial charge in [-0.05, 0) is 25.9 Å². The standard InChI is InChI=1S/C11H17N3/c1-14-9-8-13-11(14)3-2-10-4-6-12-7-5-10/h2,8-9,12H,3-7H2,1H3. The monoisotopic (exact) mass is 191 g/mol. The van der Waals surface area contributed by atoms with E-state index in [2.05, 4.69) is 20.9 Å². The molecule has 76 valence electrons. The highest BCUT2D eigenvalue weighted by Gasteiger charge is 2.04. The van der Waals surface area contributed by atoms with E-state index in [0.717, 1.165) is 25.3 Å². The van der Waals surface area contributed by atoms with Crippen LogP contribution < -0.4 is 5.32 Å². The topological polar surface area (TPSA) is 29.9 Å². The lowest BCUT2D eigenvalue weighted by Crippen LogP contribution is -2.23. The third-order valence-electron chi connectivity index (χ3n) is 2.74. The molecule has 0 saturated carbocycles. The molecule has 0 unspecified atom stereocenters. The van der Waals surface area contributed by atoms with Crippen molar-refractivity contribution in [1.82, 2.24) is 14.9 Å². The number of aromatic nitrogens is 2. The molecule has 0 amide bonds. The molecule has 0 atom stereocenters. The number of nitrogens with zero attached hydrogens (tertiary/aromatic N) is 2. The van der Waals surface area contributed by atoms with Crippen LogP contribution in [0.2, 0.25) is 0 Å². The highest BCUT2D eigenvalue weighted by atomic mass is 15.0. The highest BCUT2D eigenvalue weighted by Crippen LogP contribution is 2.11. The number of allylic oxidation sites excluding steroid dienone is 1. The van der Waals surface area contributed by atoms with E-state index in [0.29, 0.717) is 0 Å². The summed E-state index contributed by atoms with van der Waals surface area (Å²) in [5, 5.41) is 3.36. The third kappa shape index (κ3) is 2.23. The quantitative estimate of drug-likeness (QED) is 0.713. The minimum Gasteiger partial charge on any atom is -0.338 e. The van der Waals surface area contributed by atoms with Gasteiger partial charge in [0.05, 0.1) is 0 Å². The normalized spacial score (nSPS) is 17.1. The minimum absolute atomic E-state index is 0.971. The Morgan fingerprint density at radius 3 is 2.93 bits per heavy atom. The van der Waals surface area contributed by atoms with Crippen molar-refractivity contribution in [2.75, 3.05) is 13.1 Å². The number of piperidine rings is 1. The van der Waals surface area contributed by atoms with Gasteiger partial charge in [0, 0.05) is 25.9 Å². The Morgan fingerprint density at radius 1 is 1.50 bits per heavy atom. The Hall–Kier alpha value is -1.09. The van der Waals surface area contributed by atoms with Crippen molar-refractivity contribution in [3.8, 4) is 0 Å². The molecule has 1 saturated heterocycles. The first-order chi connectivity index (χ1) is 6.86. The fraction of sp³-hybridized carbons (Fsp3) is 0.545. The van der Waals surface area contributed by atoms with Gasteiger partial charge in [0.1, 0.15) is 5.82 Å². The SMILES string of the molecule is Cn1ccnc1CC=C1CCNCC1. The Kier molecular flexibility index (Phi) is 2.99. The molecule has 2 rings (SSSR count). The lowest BCUT2D eigenvalue weighted by atomic mass is 10.0. The van der Waals surface area contributed by atoms with Gasteiger partial charge in [-0.2, -0.15) is 0 Å². The molecule has 0 radical (unpaired) electrons. The van der Waals surface area contributed by atoms with Gasteiger partial charge in [0.2, 0.25) is 0 Å². The molecule has 1 aliphatic rings. The van der Waals surface area contributed by atoms with Gasteiger partial charge >= 0.3 is 0 Å². The second-order valence-electron chi connectivity index (χ2n) is 3.77. The summed E-state index contributed by atoms with van der Waals surface area (Å²) in [5.41, 5.74) is 1.58. The van der Waals surface area contributed by atoms with Gasteiger partial charge in [0.25, 0.3) is 0 Å². The average Bonchev–Trinajstić information content (AvgIpc) is 2.63. The van der Waals surface area contributed by atoms with Crippen LogP contribution in [0.25, 0.3) is 0 Å². The smallest absolute Gasteiger partial charge is 0.112 e. The molecule has 3 nitrogen and oxygen atoms in total. The van der Waals surface area contributed by atoms with E-state index < -0.39 is 0 Å². The summed E-state index contributed by atoms with van der Waals surface area (Å²) in [6.07, 6.45) is 9.56. The predicted octanol–water partition coefficient (Wildman–Crippen LogP) is 1.27. The summed E-state index contributed by atoms with van der Waals surface area (Å²) < 4.78 is 2.08. The summed E-state index contributed by atoms with van der Waals surface area (Å²) >= 11 is 0. The van der Waals surface area contributed by atoms with Crippen LogP contribution in [0, 0.1) is 0 Å². The van der Waals surface area contributed by atoms with Crippen LogP contribution in [0.15, 0.2) is 24.0 Å². The number of hydrogen-bond acceptors (Lipinski definition) is 2. The molecule has 0 spiro atoms. The summed E-state index contributed by atoms with van der Waals surface area (Å²) in [4.78, 5) is 4.30. The molecule has 0 aliphatic carbocycles. The van der Waals surface area contributed by atoms with Crippen LogP contribution in [0.4, 0.5) is 0 Å². The second-order valence-corrected chi connectivity index (χ2v) is 3.77. The fourth-order valence-corrected chi connectivity index (χ4v) is 1.78. The lowest BCUT2D eigenvalue weighted by Gasteiger charge is -2.14. The zero-order valence-electron chi connectivity index (χ0n) is 8.66. The number of hydrogen-bond donors (Lipinski definition) is 1. The number of nitrogens with one attached hydrogen (secondary N) is 1. The van der Waals surface area contributed by atoms with Crippen molar-refractivity contribution in [1.29, 1.82) is 0 Å². The van der Waals surface area contributed by atoms with E-state index in [1.807, 2.05) is 19.4 Å². The Labute approximate surface area is 84.8 Å². The van der Waals surface area contributed by atoms with Crippen molar-refractivity contribution in [2.24, 2.45) is 7.05 Å². The molecule has 1 fully saturated rings. The summed E-state index contributed by atoms with van der Waals surface area (Å²) in [6.45, 7) is 2.26. The Bertz CT molecular complexity index is 317. The number of aryl methyl sites for hydroxylation is 1. The molecule has 3 heteroatoms. The first-order valence-electron chi connectivity index (χ1n) is 5.21. The Balaban J connectivity index is 1.95. The third-order valence-corrected chi connectivity index (χ3v) is 2.74. The van der Waals surface area contributed by atoms with Crippen molar-refractivity contribution in [2.45, 2.75) is 19.3 Å². The average molecular weight is 191 g/mol. The van der Waals surface area contributed by atoms with Crippen molar-refractivity contribution in [3.63, 3.8) is 0 Å². The molecular formula is C11H17N3. The van der Waals surface area contributed by atoms with Gasteiger partial charge in [0.15, 0.2) is 0 Å². The fourth-order valence-electron chi connectivity index (χ4n) is 1.78. The molecule has 1 aromatic rings. The first-order valence-corrected chi connectivity index (χ1v) is 5.21. The van der Waals surface area contributed by atoms with Crippen LogP contribution in [0.5, 0.6) is 0 Å². The van der Waals surface area contributed by atoms with Gasteiger partial charge in [-0.25, -0.2) is 4.98 Å². The summed E-state index contributed by atoms with van der Waals surface area (Å²) in [5.74, 6) is 1.15. The molecule has 2 heterocycles. The van der Waals surface area contributed by atoms with E-state index in [9.17, 15) is 0 Å². The molecule has 1 aliphatic heterocycles. The van der Waals surface area contributed by atoms with Crippen LogP contribution >= 0.6 is 0 Å². The maximum Gasteiger partial charge on any atom is 0.112 e. The molecule has 1 N–H and O–H groups in total. The second kappa shape index (κ2) is 4.42. The van der Waals surface area contributed by atoms with Gasteiger partial charge in [-0.3, -0.25) is 0 Å². The number of rotatable bonds is 2. The molecule has 0 aromatic carbocycles. The zero-order valence-corrected chi connectivity index (χ0v) is 8.66. The number of imidazole rings is 1. The van der Waals surface area contributed by atoms with Crippen LogP contribution in [-0.2, 0) is 13.5 Å².